The molecule has 1 aromatic carbocycles. The third-order valence-electron chi connectivity index (χ3n) is 3.83. The van der Waals surface area contributed by atoms with Crippen molar-refractivity contribution in [2.45, 2.75) is 12.5 Å². The molecule has 0 bridgehead atoms. The molecule has 0 amide bonds. The average Bonchev–Trinajstić information content (AvgIpc) is 3.23. The third kappa shape index (κ3) is 2.67. The lowest BCUT2D eigenvalue weighted by atomic mass is 10.1. The van der Waals surface area contributed by atoms with Gasteiger partial charge in [-0.1, -0.05) is 18.2 Å². The van der Waals surface area contributed by atoms with Crippen molar-refractivity contribution in [1.29, 1.82) is 0 Å². The molecule has 8 heteroatoms. The Morgan fingerprint density at radius 2 is 1.96 bits per heavy atom. The van der Waals surface area contributed by atoms with E-state index in [-0.39, 0.29) is 0 Å². The maximum atomic E-state index is 12.2. The van der Waals surface area contributed by atoms with Crippen molar-refractivity contribution < 1.29 is 8.42 Å². The summed E-state index contributed by atoms with van der Waals surface area (Å²) in [5, 5.41) is 6.29. The van der Waals surface area contributed by atoms with Gasteiger partial charge in [-0.15, -0.1) is 11.3 Å². The van der Waals surface area contributed by atoms with Gasteiger partial charge >= 0.3 is 0 Å². The van der Waals surface area contributed by atoms with Crippen LogP contribution in [0.3, 0.4) is 0 Å². The van der Waals surface area contributed by atoms with E-state index in [1.165, 1.54) is 0 Å². The first-order valence-corrected chi connectivity index (χ1v) is 10.1. The predicted octanol–water partition coefficient (Wildman–Crippen LogP) is 2.80. The maximum absolute atomic E-state index is 12.2. The molecule has 6 nitrogen and oxygen atoms in total. The van der Waals surface area contributed by atoms with Crippen molar-refractivity contribution in [3.8, 4) is 0 Å². The zero-order chi connectivity index (χ0) is 16.7. The molecule has 0 saturated heterocycles. The molecule has 1 aliphatic heterocycles. The summed E-state index contributed by atoms with van der Waals surface area (Å²) in [5.74, 6) is 0. The van der Waals surface area contributed by atoms with E-state index in [4.69, 9.17) is 0 Å². The Morgan fingerprint density at radius 1 is 1.17 bits per heavy atom. The molecule has 0 fully saturated rings. The van der Waals surface area contributed by atoms with Crippen molar-refractivity contribution in [1.82, 2.24) is 14.4 Å². The highest BCUT2D eigenvalue weighted by Gasteiger charge is 2.36. The quantitative estimate of drug-likeness (QED) is 0.721. The number of rotatable bonds is 3. The topological polar surface area (TPSA) is 75.5 Å². The maximum Gasteiger partial charge on any atom is 0.247 e. The first-order valence-electron chi connectivity index (χ1n) is 7.35. The fraction of sp³-hybridized carbons (Fsp3) is 0.188. The molecule has 4 rings (SSSR count). The number of hydrazone groups is 1. The number of para-hydroxylation sites is 2. The van der Waals surface area contributed by atoms with Crippen molar-refractivity contribution in [3.05, 3.63) is 58.5 Å². The second-order valence-electron chi connectivity index (χ2n) is 5.56. The van der Waals surface area contributed by atoms with E-state index in [0.29, 0.717) is 12.1 Å². The molecule has 3 aromatic rings. The summed E-state index contributed by atoms with van der Waals surface area (Å²) in [6.45, 7) is 0. The molecule has 1 aliphatic rings. The van der Waals surface area contributed by atoms with Gasteiger partial charge in [-0.05, 0) is 23.6 Å². The number of benzene rings is 1. The highest BCUT2D eigenvalue weighted by Crippen LogP contribution is 2.34. The number of hydrogen-bond donors (Lipinski definition) is 0. The Labute approximate surface area is 143 Å². The molecule has 3 heterocycles. The summed E-state index contributed by atoms with van der Waals surface area (Å²) in [6, 6.07) is 10.9. The van der Waals surface area contributed by atoms with Crippen LogP contribution in [0.25, 0.3) is 11.0 Å². The summed E-state index contributed by atoms with van der Waals surface area (Å²) in [5.41, 5.74) is 2.89. The zero-order valence-corrected chi connectivity index (χ0v) is 14.5. The Kier molecular flexibility index (Phi) is 3.58. The van der Waals surface area contributed by atoms with Gasteiger partial charge in [0.25, 0.3) is 0 Å². The second-order valence-corrected chi connectivity index (χ2v) is 8.35. The van der Waals surface area contributed by atoms with E-state index in [1.807, 2.05) is 41.8 Å². The van der Waals surface area contributed by atoms with Gasteiger partial charge in [-0.25, -0.2) is 13.4 Å². The van der Waals surface area contributed by atoms with Gasteiger partial charge < -0.3 is 0 Å². The number of nitrogens with zero attached hydrogens (tertiary/aromatic N) is 4. The van der Waals surface area contributed by atoms with Crippen LogP contribution in [0.5, 0.6) is 0 Å². The summed E-state index contributed by atoms with van der Waals surface area (Å²) in [7, 11) is -3.49. The minimum Gasteiger partial charge on any atom is -0.253 e. The van der Waals surface area contributed by atoms with Gasteiger partial charge in [0, 0.05) is 6.42 Å². The molecular weight excluding hydrogens is 344 g/mol. The van der Waals surface area contributed by atoms with Gasteiger partial charge in [0.05, 0.1) is 39.8 Å². The Hall–Kier alpha value is -2.32. The van der Waals surface area contributed by atoms with Crippen LogP contribution in [-0.4, -0.2) is 34.8 Å². The Balaban J connectivity index is 1.78. The molecule has 1 atom stereocenters. The van der Waals surface area contributed by atoms with Crippen LogP contribution < -0.4 is 0 Å². The smallest absolute Gasteiger partial charge is 0.247 e. The SMILES string of the molecule is CS(=O)(=O)N1N=C(c2cccs2)C[C@H]1c1cnc2ccccc2n1. The number of fused-ring (bicyclic) bond motifs is 1. The van der Waals surface area contributed by atoms with Gasteiger partial charge in [-0.2, -0.15) is 9.52 Å². The van der Waals surface area contributed by atoms with Gasteiger partial charge in [0.1, 0.15) is 6.04 Å². The third-order valence-corrected chi connectivity index (χ3v) is 5.76. The van der Waals surface area contributed by atoms with Crippen molar-refractivity contribution in [2.75, 3.05) is 6.26 Å². The van der Waals surface area contributed by atoms with Crippen LogP contribution in [0, 0.1) is 0 Å². The van der Waals surface area contributed by atoms with E-state index >= 15 is 0 Å². The van der Waals surface area contributed by atoms with Crippen molar-refractivity contribution >= 4 is 38.1 Å². The van der Waals surface area contributed by atoms with E-state index < -0.39 is 16.1 Å². The lowest BCUT2D eigenvalue weighted by molar-refractivity contribution is 0.368. The molecule has 0 aliphatic carbocycles. The summed E-state index contributed by atoms with van der Waals surface area (Å²) >= 11 is 1.54. The standard InChI is InChI=1S/C16H14N4O2S2/c1-24(21,22)20-15(9-13(19-20)16-7-4-8-23-16)14-10-17-11-5-2-3-6-12(11)18-14/h2-8,10,15H,9H2,1H3/t15-/m0/s1. The molecule has 2 aromatic heterocycles. The van der Waals surface area contributed by atoms with Gasteiger partial charge in [0.15, 0.2) is 0 Å². The minimum atomic E-state index is -3.49. The van der Waals surface area contributed by atoms with E-state index in [9.17, 15) is 8.42 Å². The number of aromatic nitrogens is 2. The van der Waals surface area contributed by atoms with E-state index in [1.54, 1.807) is 17.5 Å². The summed E-state index contributed by atoms with van der Waals surface area (Å²) in [4.78, 5) is 9.97. The number of sulfonamides is 1. The van der Waals surface area contributed by atoms with Crippen LogP contribution in [-0.2, 0) is 10.0 Å². The van der Waals surface area contributed by atoms with Crippen LogP contribution in [0.15, 0.2) is 53.1 Å². The normalized spacial score (nSPS) is 18.1. The van der Waals surface area contributed by atoms with Crippen molar-refractivity contribution in [3.63, 3.8) is 0 Å². The summed E-state index contributed by atoms with van der Waals surface area (Å²) < 4.78 is 25.5. The Bertz CT molecular complexity index is 1030. The molecule has 0 unspecified atom stereocenters. The first kappa shape index (κ1) is 15.2. The molecule has 24 heavy (non-hydrogen) atoms. The van der Waals surface area contributed by atoms with Crippen LogP contribution in [0.1, 0.15) is 23.0 Å². The molecule has 0 saturated carbocycles. The number of hydrogen-bond acceptors (Lipinski definition) is 6. The zero-order valence-electron chi connectivity index (χ0n) is 12.8. The predicted molar refractivity (Wildman–Crippen MR) is 94.4 cm³/mol. The molecule has 0 spiro atoms. The fourth-order valence-electron chi connectivity index (χ4n) is 2.74. The van der Waals surface area contributed by atoms with Crippen LogP contribution in [0.4, 0.5) is 0 Å². The van der Waals surface area contributed by atoms with E-state index in [2.05, 4.69) is 15.1 Å². The lowest BCUT2D eigenvalue weighted by Gasteiger charge is -2.20. The molecule has 0 N–H and O–H groups in total. The second kappa shape index (κ2) is 5.64. The Morgan fingerprint density at radius 3 is 2.67 bits per heavy atom. The van der Waals surface area contributed by atoms with Gasteiger partial charge in [-0.3, -0.25) is 4.98 Å². The van der Waals surface area contributed by atoms with E-state index in [0.717, 1.165) is 32.3 Å². The molecular formula is C16H14N4O2S2. The lowest BCUT2D eigenvalue weighted by Crippen LogP contribution is -2.26. The van der Waals surface area contributed by atoms with Gasteiger partial charge in [0.2, 0.25) is 10.0 Å². The minimum absolute atomic E-state index is 0.464. The fourth-order valence-corrected chi connectivity index (χ4v) is 4.35. The van der Waals surface area contributed by atoms with Crippen LogP contribution in [0.2, 0.25) is 0 Å². The van der Waals surface area contributed by atoms with Crippen molar-refractivity contribution in [2.24, 2.45) is 5.10 Å². The van der Waals surface area contributed by atoms with Crippen LogP contribution >= 0.6 is 11.3 Å². The average molecular weight is 358 g/mol. The summed E-state index contributed by atoms with van der Waals surface area (Å²) in [6.07, 6.45) is 3.29. The largest absolute Gasteiger partial charge is 0.253 e. The highest BCUT2D eigenvalue weighted by atomic mass is 32.2. The first-order chi connectivity index (χ1) is 11.5. The monoisotopic (exact) mass is 358 g/mol. The number of thiophene rings is 1. The highest BCUT2D eigenvalue weighted by molar-refractivity contribution is 7.88. The molecule has 122 valence electrons. The molecule has 0 radical (unpaired) electrons.